The maximum Gasteiger partial charge on any atom is 0.146 e. The van der Waals surface area contributed by atoms with Crippen LogP contribution in [-0.4, -0.2) is 13.9 Å². The topological polar surface area (TPSA) is 0 Å². The molecule has 0 fully saturated rings. The fraction of sp³-hybridized carbons (Fsp3) is 1.00. The Kier molecular flexibility index (Phi) is 2.22. The molecule has 0 aliphatic carbocycles. The molecule has 0 radical (unpaired) electrons. The summed E-state index contributed by atoms with van der Waals surface area (Å²) in [7, 11) is 1.57. The van der Waals surface area contributed by atoms with E-state index in [4.69, 9.17) is 0 Å². The van der Waals surface area contributed by atoms with Crippen molar-refractivity contribution in [3.8, 4) is 0 Å². The summed E-state index contributed by atoms with van der Waals surface area (Å²) in [4.78, 5) is 0. The average molecular weight is 87.9 g/mol. The van der Waals surface area contributed by atoms with Gasteiger partial charge in [0.05, 0.1) is 6.07 Å². The molecule has 0 amide bonds. The third-order valence-electron chi connectivity index (χ3n) is 0.919. The van der Waals surface area contributed by atoms with E-state index in [0.29, 0.717) is 0 Å². The van der Waals surface area contributed by atoms with Crippen molar-refractivity contribution < 1.29 is 4.39 Å². The second-order valence-corrected chi connectivity index (χ2v) is 1.92. The highest BCUT2D eigenvalue weighted by Crippen LogP contribution is 1.98. The first-order valence-electron chi connectivity index (χ1n) is 2.28. The standard InChI is InChI=1S/C4H10BF/c1-3(2)4(5)6/h3-4H,5H2,1-2H3. The first-order valence-corrected chi connectivity index (χ1v) is 2.28. The molecule has 0 heterocycles. The molecular weight excluding hydrogens is 77.9 g/mol. The highest BCUT2D eigenvalue weighted by Gasteiger charge is 2.00. The zero-order chi connectivity index (χ0) is 5.15. The summed E-state index contributed by atoms with van der Waals surface area (Å²) in [5.74, 6) is 0.185. The van der Waals surface area contributed by atoms with Gasteiger partial charge >= 0.3 is 0 Å². The molecule has 0 aliphatic rings. The summed E-state index contributed by atoms with van der Waals surface area (Å²) < 4.78 is 11.8. The van der Waals surface area contributed by atoms with Crippen LogP contribution in [0.1, 0.15) is 13.8 Å². The van der Waals surface area contributed by atoms with Crippen molar-refractivity contribution in [1.29, 1.82) is 0 Å². The Bertz CT molecular complexity index is 28.5. The maximum atomic E-state index is 11.8. The van der Waals surface area contributed by atoms with Crippen LogP contribution in [0.25, 0.3) is 0 Å². The first kappa shape index (κ1) is 5.99. The summed E-state index contributed by atoms with van der Waals surface area (Å²) in [5.41, 5.74) is 0. The van der Waals surface area contributed by atoms with Crippen LogP contribution in [0.15, 0.2) is 0 Å². The van der Waals surface area contributed by atoms with Gasteiger partial charge in [0.2, 0.25) is 0 Å². The minimum Gasteiger partial charge on any atom is -0.257 e. The number of alkyl halides is 1. The quantitative estimate of drug-likeness (QED) is 0.411. The molecule has 1 unspecified atom stereocenters. The van der Waals surface area contributed by atoms with E-state index in [1.165, 1.54) is 0 Å². The Hall–Kier alpha value is -0.00506. The molecule has 0 aromatic rings. The summed E-state index contributed by atoms with van der Waals surface area (Å²) in [6.45, 7) is 3.73. The van der Waals surface area contributed by atoms with Gasteiger partial charge in [0.1, 0.15) is 7.85 Å². The summed E-state index contributed by atoms with van der Waals surface area (Å²) in [5, 5.41) is 0. The van der Waals surface area contributed by atoms with Gasteiger partial charge in [-0.25, -0.2) is 0 Å². The van der Waals surface area contributed by atoms with Crippen molar-refractivity contribution in [1.82, 2.24) is 0 Å². The van der Waals surface area contributed by atoms with E-state index in [1.54, 1.807) is 7.85 Å². The van der Waals surface area contributed by atoms with E-state index in [1.807, 2.05) is 13.8 Å². The molecule has 0 saturated carbocycles. The molecule has 0 rings (SSSR count). The highest BCUT2D eigenvalue weighted by atomic mass is 19.1. The summed E-state index contributed by atoms with van der Waals surface area (Å²) >= 11 is 0. The van der Waals surface area contributed by atoms with Gasteiger partial charge in [-0.2, -0.15) is 0 Å². The molecule has 36 valence electrons. The highest BCUT2D eigenvalue weighted by molar-refractivity contribution is 6.11. The molecule has 0 aliphatic heterocycles. The van der Waals surface area contributed by atoms with Crippen LogP contribution in [0.4, 0.5) is 4.39 Å². The Morgan fingerprint density at radius 3 is 1.67 bits per heavy atom. The Balaban J connectivity index is 2.99. The van der Waals surface area contributed by atoms with Gasteiger partial charge in [0, 0.05) is 0 Å². The summed E-state index contributed by atoms with van der Waals surface area (Å²) in [6.07, 6.45) is -0.648. The van der Waals surface area contributed by atoms with Crippen LogP contribution in [0.5, 0.6) is 0 Å². The molecule has 0 N–H and O–H groups in total. The fourth-order valence-corrected chi connectivity index (χ4v) is 0. The number of halogens is 1. The minimum absolute atomic E-state index is 0.185. The summed E-state index contributed by atoms with van der Waals surface area (Å²) in [6, 6.07) is 0. The molecule has 0 saturated heterocycles. The lowest BCUT2D eigenvalue weighted by Gasteiger charge is -2.01. The fourth-order valence-electron chi connectivity index (χ4n) is 0. The smallest absolute Gasteiger partial charge is 0.146 e. The third-order valence-corrected chi connectivity index (χ3v) is 0.919. The van der Waals surface area contributed by atoms with E-state index in [-0.39, 0.29) is 5.92 Å². The van der Waals surface area contributed by atoms with Crippen molar-refractivity contribution >= 4 is 7.85 Å². The van der Waals surface area contributed by atoms with Crippen LogP contribution < -0.4 is 0 Å². The lowest BCUT2D eigenvalue weighted by molar-refractivity contribution is 0.353. The second-order valence-electron chi connectivity index (χ2n) is 1.92. The van der Waals surface area contributed by atoms with Crippen molar-refractivity contribution in [2.75, 3.05) is 0 Å². The van der Waals surface area contributed by atoms with E-state index < -0.39 is 6.07 Å². The molecule has 1 atom stereocenters. The van der Waals surface area contributed by atoms with Gasteiger partial charge in [-0.1, -0.05) is 13.8 Å². The Morgan fingerprint density at radius 2 is 1.67 bits per heavy atom. The molecule has 0 spiro atoms. The van der Waals surface area contributed by atoms with Crippen LogP contribution >= 0.6 is 0 Å². The van der Waals surface area contributed by atoms with E-state index in [9.17, 15) is 4.39 Å². The van der Waals surface area contributed by atoms with Crippen molar-refractivity contribution in [2.24, 2.45) is 5.92 Å². The maximum absolute atomic E-state index is 11.8. The molecule has 0 nitrogen and oxygen atoms in total. The predicted molar refractivity (Wildman–Crippen MR) is 28.3 cm³/mol. The number of hydrogen-bond acceptors (Lipinski definition) is 0. The Morgan fingerprint density at radius 1 is 1.50 bits per heavy atom. The third kappa shape index (κ3) is 2.25. The number of rotatable bonds is 1. The molecule has 2 heteroatoms. The van der Waals surface area contributed by atoms with Crippen LogP contribution in [0.3, 0.4) is 0 Å². The largest absolute Gasteiger partial charge is 0.257 e. The van der Waals surface area contributed by atoms with Crippen LogP contribution in [0.2, 0.25) is 0 Å². The predicted octanol–water partition coefficient (Wildman–Crippen LogP) is 0.571. The van der Waals surface area contributed by atoms with Gasteiger partial charge in [0.25, 0.3) is 0 Å². The first-order chi connectivity index (χ1) is 2.64. The van der Waals surface area contributed by atoms with E-state index in [0.717, 1.165) is 0 Å². The minimum atomic E-state index is -0.648. The van der Waals surface area contributed by atoms with Gasteiger partial charge in [-0.15, -0.1) is 0 Å². The van der Waals surface area contributed by atoms with Gasteiger partial charge < -0.3 is 0 Å². The van der Waals surface area contributed by atoms with Crippen LogP contribution in [0, 0.1) is 5.92 Å². The number of hydrogen-bond donors (Lipinski definition) is 0. The lowest BCUT2D eigenvalue weighted by atomic mass is 9.91. The average Bonchev–Trinajstić information content (AvgIpc) is 1.36. The second kappa shape index (κ2) is 2.22. The van der Waals surface area contributed by atoms with Crippen molar-refractivity contribution in [2.45, 2.75) is 19.9 Å². The normalized spacial score (nSPS) is 15.3. The van der Waals surface area contributed by atoms with Crippen molar-refractivity contribution in [3.63, 3.8) is 0 Å². The van der Waals surface area contributed by atoms with E-state index in [2.05, 4.69) is 0 Å². The van der Waals surface area contributed by atoms with Gasteiger partial charge in [-0.3, -0.25) is 4.39 Å². The molecule has 6 heavy (non-hydrogen) atoms. The molecular formula is C4H10BF. The van der Waals surface area contributed by atoms with E-state index >= 15 is 0 Å². The lowest BCUT2D eigenvalue weighted by Crippen LogP contribution is -2.06. The van der Waals surface area contributed by atoms with Crippen LogP contribution in [-0.2, 0) is 0 Å². The van der Waals surface area contributed by atoms with Crippen molar-refractivity contribution in [3.05, 3.63) is 0 Å². The molecule has 0 bridgehead atoms. The zero-order valence-electron chi connectivity index (χ0n) is 4.53. The van der Waals surface area contributed by atoms with Gasteiger partial charge in [0.15, 0.2) is 0 Å². The van der Waals surface area contributed by atoms with Gasteiger partial charge in [-0.05, 0) is 5.92 Å². The SMILES string of the molecule is BC(F)C(C)C. The monoisotopic (exact) mass is 88.1 g/mol. The molecule has 0 aromatic carbocycles. The Labute approximate surface area is 39.2 Å². The zero-order valence-corrected chi connectivity index (χ0v) is 4.53. The molecule has 0 aromatic heterocycles.